The molecule has 0 saturated carbocycles. The van der Waals surface area contributed by atoms with Crippen LogP contribution in [0.2, 0.25) is 0 Å². The minimum Gasteiger partial charge on any atom is -0.426 e. The zero-order valence-corrected chi connectivity index (χ0v) is 11.1. The molecule has 1 aromatic carbocycles. The first-order valence-corrected chi connectivity index (χ1v) is 6.25. The second-order valence-electron chi connectivity index (χ2n) is 4.42. The van der Waals surface area contributed by atoms with Gasteiger partial charge in [-0.05, 0) is 18.1 Å². The summed E-state index contributed by atoms with van der Waals surface area (Å²) in [6.07, 6.45) is 0.827. The van der Waals surface area contributed by atoms with Gasteiger partial charge in [-0.2, -0.15) is 0 Å². The van der Waals surface area contributed by atoms with Crippen LogP contribution in [0.25, 0.3) is 0 Å². The van der Waals surface area contributed by atoms with Crippen molar-refractivity contribution in [2.45, 2.75) is 33.2 Å². The highest BCUT2D eigenvalue weighted by Gasteiger charge is 2.07. The van der Waals surface area contributed by atoms with Crippen LogP contribution in [0.15, 0.2) is 28.7 Å². The number of hydrogen-bond donors (Lipinski definition) is 1. The first-order chi connectivity index (χ1) is 9.15. The number of nitrogens with one attached hydrogen (secondary N) is 1. The Morgan fingerprint density at radius 3 is 2.74 bits per heavy atom. The zero-order chi connectivity index (χ0) is 13.7. The van der Waals surface area contributed by atoms with Crippen LogP contribution < -0.4 is 5.32 Å². The average molecular weight is 259 g/mol. The zero-order valence-electron chi connectivity index (χ0n) is 11.1. The molecule has 0 aliphatic carbocycles. The maximum atomic E-state index is 11.7. The summed E-state index contributed by atoms with van der Waals surface area (Å²) in [5.74, 6) is 1.01. The van der Waals surface area contributed by atoms with E-state index in [1.54, 1.807) is 6.92 Å². The molecular weight excluding hydrogens is 242 g/mol. The van der Waals surface area contributed by atoms with Crippen LogP contribution in [0, 0.1) is 13.8 Å². The van der Waals surface area contributed by atoms with Crippen molar-refractivity contribution in [1.29, 1.82) is 0 Å². The molecule has 0 fully saturated rings. The van der Waals surface area contributed by atoms with Crippen LogP contribution in [-0.2, 0) is 17.8 Å². The van der Waals surface area contributed by atoms with E-state index in [-0.39, 0.29) is 5.91 Å². The lowest BCUT2D eigenvalue weighted by Crippen LogP contribution is -2.23. The smallest absolute Gasteiger partial charge is 0.220 e. The predicted octanol–water partition coefficient (Wildman–Crippen LogP) is 1.94. The molecule has 0 spiro atoms. The van der Waals surface area contributed by atoms with E-state index in [0.717, 1.165) is 5.56 Å². The molecule has 0 radical (unpaired) electrons. The van der Waals surface area contributed by atoms with Crippen molar-refractivity contribution in [3.63, 3.8) is 0 Å². The predicted molar refractivity (Wildman–Crippen MR) is 70.4 cm³/mol. The topological polar surface area (TPSA) is 68.0 Å². The van der Waals surface area contributed by atoms with Gasteiger partial charge in [-0.15, -0.1) is 10.2 Å². The molecule has 0 aliphatic rings. The van der Waals surface area contributed by atoms with Gasteiger partial charge in [0, 0.05) is 26.3 Å². The van der Waals surface area contributed by atoms with Gasteiger partial charge in [-0.1, -0.05) is 24.3 Å². The summed E-state index contributed by atoms with van der Waals surface area (Å²) in [6, 6.07) is 7.99. The van der Waals surface area contributed by atoms with Crippen molar-refractivity contribution in [1.82, 2.24) is 15.5 Å². The second kappa shape index (κ2) is 6.13. The Morgan fingerprint density at radius 2 is 2.05 bits per heavy atom. The lowest BCUT2D eigenvalue weighted by atomic mass is 10.1. The molecule has 5 heteroatoms. The van der Waals surface area contributed by atoms with Crippen molar-refractivity contribution in [2.75, 3.05) is 0 Å². The van der Waals surface area contributed by atoms with Crippen LogP contribution in [0.3, 0.4) is 0 Å². The monoisotopic (exact) mass is 259 g/mol. The Hall–Kier alpha value is -2.17. The molecule has 1 N–H and O–H groups in total. The Bertz CT molecular complexity index is 563. The third kappa shape index (κ3) is 3.91. The van der Waals surface area contributed by atoms with Gasteiger partial charge in [0.1, 0.15) is 0 Å². The largest absolute Gasteiger partial charge is 0.426 e. The number of carbonyl (C=O) groups is 1. The molecule has 19 heavy (non-hydrogen) atoms. The highest BCUT2D eigenvalue weighted by atomic mass is 16.4. The van der Waals surface area contributed by atoms with Crippen LogP contribution in [-0.4, -0.2) is 16.1 Å². The van der Waals surface area contributed by atoms with E-state index in [0.29, 0.717) is 31.2 Å². The van der Waals surface area contributed by atoms with Crippen LogP contribution in [0.1, 0.15) is 29.3 Å². The standard InChI is InChI=1S/C14H17N3O2/c1-10-5-3-4-6-12(10)9-15-13(18)7-8-14-17-16-11(2)19-14/h3-6H,7-9H2,1-2H3,(H,15,18). The van der Waals surface area contributed by atoms with Crippen LogP contribution in [0.4, 0.5) is 0 Å². The van der Waals surface area contributed by atoms with Gasteiger partial charge in [0.25, 0.3) is 0 Å². The SMILES string of the molecule is Cc1nnc(CCC(=O)NCc2ccccc2C)o1. The quantitative estimate of drug-likeness (QED) is 0.891. The third-order valence-corrected chi connectivity index (χ3v) is 2.87. The normalized spacial score (nSPS) is 10.4. The number of aryl methyl sites for hydroxylation is 3. The third-order valence-electron chi connectivity index (χ3n) is 2.87. The fourth-order valence-electron chi connectivity index (χ4n) is 1.75. The molecule has 0 atom stereocenters. The fourth-order valence-corrected chi connectivity index (χ4v) is 1.75. The maximum Gasteiger partial charge on any atom is 0.220 e. The highest BCUT2D eigenvalue weighted by molar-refractivity contribution is 5.76. The number of aromatic nitrogens is 2. The maximum absolute atomic E-state index is 11.7. The summed E-state index contributed by atoms with van der Waals surface area (Å²) in [6.45, 7) is 4.31. The average Bonchev–Trinajstić information content (AvgIpc) is 2.81. The first-order valence-electron chi connectivity index (χ1n) is 6.25. The summed E-state index contributed by atoms with van der Waals surface area (Å²) in [5.41, 5.74) is 2.31. The highest BCUT2D eigenvalue weighted by Crippen LogP contribution is 2.06. The molecule has 0 aliphatic heterocycles. The molecule has 1 amide bonds. The molecule has 0 bridgehead atoms. The molecule has 0 unspecified atom stereocenters. The van der Waals surface area contributed by atoms with Crippen molar-refractivity contribution < 1.29 is 9.21 Å². The van der Waals surface area contributed by atoms with E-state index in [1.165, 1.54) is 5.56 Å². The number of benzene rings is 1. The number of carbonyl (C=O) groups excluding carboxylic acids is 1. The van der Waals surface area contributed by atoms with E-state index in [1.807, 2.05) is 31.2 Å². The van der Waals surface area contributed by atoms with Gasteiger partial charge in [-0.3, -0.25) is 4.79 Å². The van der Waals surface area contributed by atoms with Gasteiger partial charge in [0.05, 0.1) is 0 Å². The van der Waals surface area contributed by atoms with Gasteiger partial charge in [0.2, 0.25) is 17.7 Å². The Labute approximate surface area is 112 Å². The Morgan fingerprint density at radius 1 is 1.26 bits per heavy atom. The number of rotatable bonds is 5. The first kappa shape index (κ1) is 13.3. The van der Waals surface area contributed by atoms with Crippen molar-refractivity contribution in [2.24, 2.45) is 0 Å². The molecular formula is C14H17N3O2. The van der Waals surface area contributed by atoms with Gasteiger partial charge in [0.15, 0.2) is 0 Å². The summed E-state index contributed by atoms with van der Waals surface area (Å²) < 4.78 is 5.21. The fraction of sp³-hybridized carbons (Fsp3) is 0.357. The van der Waals surface area contributed by atoms with E-state index in [4.69, 9.17) is 4.42 Å². The van der Waals surface area contributed by atoms with Crippen LogP contribution in [0.5, 0.6) is 0 Å². The Kier molecular flexibility index (Phi) is 4.28. The van der Waals surface area contributed by atoms with Gasteiger partial charge >= 0.3 is 0 Å². The van der Waals surface area contributed by atoms with Gasteiger partial charge in [-0.25, -0.2) is 0 Å². The molecule has 5 nitrogen and oxygen atoms in total. The van der Waals surface area contributed by atoms with Crippen molar-refractivity contribution in [3.8, 4) is 0 Å². The molecule has 1 aromatic heterocycles. The molecule has 1 heterocycles. The van der Waals surface area contributed by atoms with E-state index in [9.17, 15) is 4.79 Å². The summed E-state index contributed by atoms with van der Waals surface area (Å²) >= 11 is 0. The molecule has 100 valence electrons. The molecule has 0 saturated heterocycles. The van der Waals surface area contributed by atoms with Gasteiger partial charge < -0.3 is 9.73 Å². The number of hydrogen-bond acceptors (Lipinski definition) is 4. The lowest BCUT2D eigenvalue weighted by Gasteiger charge is -2.07. The summed E-state index contributed by atoms with van der Waals surface area (Å²) in [7, 11) is 0. The number of amides is 1. The van der Waals surface area contributed by atoms with Crippen LogP contribution >= 0.6 is 0 Å². The number of nitrogens with zero attached hydrogens (tertiary/aromatic N) is 2. The van der Waals surface area contributed by atoms with E-state index >= 15 is 0 Å². The lowest BCUT2D eigenvalue weighted by molar-refractivity contribution is -0.121. The van der Waals surface area contributed by atoms with Crippen molar-refractivity contribution >= 4 is 5.91 Å². The molecule has 2 rings (SSSR count). The summed E-state index contributed by atoms with van der Waals surface area (Å²) in [5, 5.41) is 10.5. The van der Waals surface area contributed by atoms with E-state index < -0.39 is 0 Å². The Balaban J connectivity index is 1.77. The van der Waals surface area contributed by atoms with E-state index in [2.05, 4.69) is 15.5 Å². The minimum atomic E-state index is -0.0147. The summed E-state index contributed by atoms with van der Waals surface area (Å²) in [4.78, 5) is 11.7. The van der Waals surface area contributed by atoms with Crippen molar-refractivity contribution in [3.05, 3.63) is 47.2 Å². The molecule has 2 aromatic rings. The second-order valence-corrected chi connectivity index (χ2v) is 4.42. The minimum absolute atomic E-state index is 0.0147.